The average molecular weight is 468 g/mol. The number of aromatic nitrogens is 3. The molecule has 1 aliphatic rings. The number of aliphatic hydroxyl groups is 3. The number of fused-ring (bicyclic) bond motifs is 1. The molecule has 9 heteroatoms. The number of nitrogens with zero attached hydrogens (tertiary/aromatic N) is 3. The van der Waals surface area contributed by atoms with Crippen molar-refractivity contribution in [3.63, 3.8) is 0 Å². The predicted octanol–water partition coefficient (Wildman–Crippen LogP) is 1.39. The lowest BCUT2D eigenvalue weighted by atomic mass is 10.1. The highest BCUT2D eigenvalue weighted by atomic mass is 127. The second-order valence-electron chi connectivity index (χ2n) is 6.03. The van der Waals surface area contributed by atoms with E-state index in [0.29, 0.717) is 11.5 Å². The molecule has 0 saturated carbocycles. The van der Waals surface area contributed by atoms with Crippen LogP contribution in [-0.2, 0) is 4.74 Å². The fourth-order valence-electron chi connectivity index (χ4n) is 3.10. The molecule has 8 nitrogen and oxygen atoms in total. The predicted molar refractivity (Wildman–Crippen MR) is 103 cm³/mol. The molecule has 4 atom stereocenters. The van der Waals surface area contributed by atoms with E-state index in [4.69, 9.17) is 4.74 Å². The quantitative estimate of drug-likeness (QED) is 0.429. The molecule has 0 spiro atoms. The minimum absolute atomic E-state index is 0.374. The summed E-state index contributed by atoms with van der Waals surface area (Å²) in [5.41, 5.74) is 1.46. The fourth-order valence-corrected chi connectivity index (χ4v) is 3.89. The van der Waals surface area contributed by atoms with Crippen LogP contribution in [0.2, 0.25) is 0 Å². The molecule has 0 amide bonds. The van der Waals surface area contributed by atoms with Gasteiger partial charge in [-0.1, -0.05) is 18.2 Å². The van der Waals surface area contributed by atoms with E-state index in [9.17, 15) is 15.3 Å². The Balaban J connectivity index is 1.76. The first-order chi connectivity index (χ1) is 12.6. The van der Waals surface area contributed by atoms with Gasteiger partial charge in [-0.2, -0.15) is 0 Å². The number of hydrogen-bond donors (Lipinski definition) is 4. The molecule has 0 aliphatic carbocycles. The molecule has 3 heterocycles. The Morgan fingerprint density at radius 2 is 1.92 bits per heavy atom. The molecule has 1 aromatic carbocycles. The minimum atomic E-state index is -1.17. The molecule has 136 valence electrons. The first-order valence-electron chi connectivity index (χ1n) is 8.05. The molecular weight excluding hydrogens is 451 g/mol. The Morgan fingerprint density at radius 3 is 2.62 bits per heavy atom. The van der Waals surface area contributed by atoms with Crippen molar-refractivity contribution in [2.75, 3.05) is 11.9 Å². The Hall–Kier alpha value is -1.79. The smallest absolute Gasteiger partial charge is 0.164 e. The molecule has 1 fully saturated rings. The van der Waals surface area contributed by atoms with Crippen LogP contribution in [0.4, 0.5) is 11.5 Å². The zero-order valence-electron chi connectivity index (χ0n) is 13.5. The van der Waals surface area contributed by atoms with E-state index in [1.54, 1.807) is 10.8 Å². The van der Waals surface area contributed by atoms with Crippen molar-refractivity contribution in [1.82, 2.24) is 14.5 Å². The van der Waals surface area contributed by atoms with Crippen molar-refractivity contribution in [3.8, 4) is 0 Å². The highest BCUT2D eigenvalue weighted by Crippen LogP contribution is 2.36. The van der Waals surface area contributed by atoms with Gasteiger partial charge in [-0.3, -0.25) is 0 Å². The van der Waals surface area contributed by atoms with Gasteiger partial charge in [0, 0.05) is 15.5 Å². The third-order valence-corrected chi connectivity index (χ3v) is 5.21. The van der Waals surface area contributed by atoms with Crippen molar-refractivity contribution in [2.24, 2.45) is 0 Å². The molecule has 4 N–H and O–H groups in total. The van der Waals surface area contributed by atoms with E-state index in [0.717, 1.165) is 14.6 Å². The van der Waals surface area contributed by atoms with E-state index < -0.39 is 24.5 Å². The number of halogens is 1. The van der Waals surface area contributed by atoms with Gasteiger partial charge >= 0.3 is 0 Å². The number of para-hydroxylation sites is 1. The van der Waals surface area contributed by atoms with Crippen LogP contribution in [0.3, 0.4) is 0 Å². The van der Waals surface area contributed by atoms with Gasteiger partial charge < -0.3 is 29.9 Å². The number of aliphatic hydroxyl groups excluding tert-OH is 3. The van der Waals surface area contributed by atoms with Gasteiger partial charge in [-0.05, 0) is 34.7 Å². The van der Waals surface area contributed by atoms with Crippen LogP contribution in [0.15, 0.2) is 42.9 Å². The van der Waals surface area contributed by atoms with Crippen LogP contribution in [-0.4, -0.2) is 54.8 Å². The molecule has 0 bridgehead atoms. The molecule has 3 aromatic rings. The maximum Gasteiger partial charge on any atom is 0.164 e. The van der Waals surface area contributed by atoms with Gasteiger partial charge in [-0.15, -0.1) is 0 Å². The normalized spacial score (nSPS) is 25.7. The first-order valence-corrected chi connectivity index (χ1v) is 9.13. The number of anilines is 2. The lowest BCUT2D eigenvalue weighted by Crippen LogP contribution is -2.33. The SMILES string of the molecule is OC[C@H]1O[C@@H](n2cc(I)c3c(Nc4ccccc4)ncnc32)[C@H](O)[C@@H]1O. The summed E-state index contributed by atoms with van der Waals surface area (Å²) in [5, 5.41) is 33.7. The van der Waals surface area contributed by atoms with Crippen LogP contribution < -0.4 is 5.32 Å². The van der Waals surface area contributed by atoms with E-state index in [-0.39, 0.29) is 6.61 Å². The van der Waals surface area contributed by atoms with E-state index in [2.05, 4.69) is 37.9 Å². The lowest BCUT2D eigenvalue weighted by Gasteiger charge is -2.17. The highest BCUT2D eigenvalue weighted by molar-refractivity contribution is 14.1. The first kappa shape index (κ1) is 17.6. The minimum Gasteiger partial charge on any atom is -0.394 e. The largest absolute Gasteiger partial charge is 0.394 e. The van der Waals surface area contributed by atoms with Crippen LogP contribution in [0, 0.1) is 3.57 Å². The van der Waals surface area contributed by atoms with Crippen LogP contribution >= 0.6 is 22.6 Å². The van der Waals surface area contributed by atoms with Crippen LogP contribution in [0.5, 0.6) is 0 Å². The fraction of sp³-hybridized carbons (Fsp3) is 0.294. The summed E-state index contributed by atoms with van der Waals surface area (Å²) in [6.07, 6.45) is -0.790. The summed E-state index contributed by atoms with van der Waals surface area (Å²) in [7, 11) is 0. The Morgan fingerprint density at radius 1 is 1.15 bits per heavy atom. The molecule has 1 saturated heterocycles. The third-order valence-electron chi connectivity index (χ3n) is 4.39. The van der Waals surface area contributed by atoms with Crippen molar-refractivity contribution >= 4 is 45.1 Å². The summed E-state index contributed by atoms with van der Waals surface area (Å²) >= 11 is 2.17. The van der Waals surface area contributed by atoms with Crippen molar-refractivity contribution in [2.45, 2.75) is 24.5 Å². The zero-order valence-corrected chi connectivity index (χ0v) is 15.7. The van der Waals surface area contributed by atoms with Crippen molar-refractivity contribution in [1.29, 1.82) is 0 Å². The van der Waals surface area contributed by atoms with Crippen LogP contribution in [0.25, 0.3) is 11.0 Å². The molecule has 0 radical (unpaired) electrons. The van der Waals surface area contributed by atoms with Gasteiger partial charge in [0.05, 0.1) is 12.0 Å². The topological polar surface area (TPSA) is 113 Å². The van der Waals surface area contributed by atoms with Crippen molar-refractivity contribution < 1.29 is 20.1 Å². The molecule has 2 aromatic heterocycles. The second-order valence-corrected chi connectivity index (χ2v) is 7.19. The van der Waals surface area contributed by atoms with E-state index in [1.165, 1.54) is 6.33 Å². The standard InChI is InChI=1S/C17H17IN4O4/c18-10-6-22(17-14(25)13(24)11(7-23)26-17)16-12(10)15(19-8-20-16)21-9-4-2-1-3-5-9/h1-6,8,11,13-14,17,23-25H,7H2,(H,19,20,21)/t11-,13-,14-,17-/m1/s1. The zero-order chi connectivity index (χ0) is 18.3. The lowest BCUT2D eigenvalue weighted by molar-refractivity contribution is -0.0509. The van der Waals surface area contributed by atoms with Crippen LogP contribution in [0.1, 0.15) is 6.23 Å². The second kappa shape index (κ2) is 7.08. The summed E-state index contributed by atoms with van der Waals surface area (Å²) in [5.74, 6) is 0.635. The Labute approximate surface area is 162 Å². The van der Waals surface area contributed by atoms with Gasteiger partial charge in [0.15, 0.2) is 6.23 Å². The summed E-state index contributed by atoms with van der Waals surface area (Å²) in [6.45, 7) is -0.374. The van der Waals surface area contributed by atoms with E-state index >= 15 is 0 Å². The molecular formula is C17H17IN4O4. The molecule has 0 unspecified atom stereocenters. The monoisotopic (exact) mass is 468 g/mol. The number of nitrogens with one attached hydrogen (secondary N) is 1. The number of ether oxygens (including phenoxy) is 1. The van der Waals surface area contributed by atoms with Gasteiger partial charge in [0.2, 0.25) is 0 Å². The molecule has 4 rings (SSSR count). The highest BCUT2D eigenvalue weighted by Gasteiger charge is 2.44. The van der Waals surface area contributed by atoms with Gasteiger partial charge in [0.1, 0.15) is 36.1 Å². The maximum atomic E-state index is 10.3. The molecule has 1 aliphatic heterocycles. The third kappa shape index (κ3) is 2.95. The van der Waals surface area contributed by atoms with E-state index in [1.807, 2.05) is 30.3 Å². The molecule has 26 heavy (non-hydrogen) atoms. The summed E-state index contributed by atoms with van der Waals surface area (Å²) in [6, 6.07) is 9.66. The Bertz CT molecular complexity index is 920. The van der Waals surface area contributed by atoms with Crippen molar-refractivity contribution in [3.05, 3.63) is 46.4 Å². The number of rotatable bonds is 4. The van der Waals surface area contributed by atoms with Gasteiger partial charge in [0.25, 0.3) is 0 Å². The maximum absolute atomic E-state index is 10.3. The van der Waals surface area contributed by atoms with Gasteiger partial charge in [-0.25, -0.2) is 9.97 Å². The average Bonchev–Trinajstić information content (AvgIpc) is 3.14. The Kier molecular flexibility index (Phi) is 4.80. The summed E-state index contributed by atoms with van der Waals surface area (Å²) in [4.78, 5) is 8.67. The summed E-state index contributed by atoms with van der Waals surface area (Å²) < 4.78 is 8.16. The number of hydrogen-bond acceptors (Lipinski definition) is 7. The number of benzene rings is 1.